The number of fused-ring (bicyclic) bond motifs is 1. The van der Waals surface area contributed by atoms with E-state index in [9.17, 15) is 29.2 Å². The second-order valence-electron chi connectivity index (χ2n) is 15.7. The maximum Gasteiger partial charge on any atom is 0.275 e. The van der Waals surface area contributed by atoms with Gasteiger partial charge in [-0.1, -0.05) is 30.3 Å². The third-order valence-electron chi connectivity index (χ3n) is 11.2. The molecule has 1 unspecified atom stereocenters. The minimum atomic E-state index is -0.819. The number of rotatable bonds is 17. The standard InChI is InChI=1S/C47H46N10O8/c48-24-32-3-1-5-34(21-32)40-9-12-43(59)56(54-40)28-33-4-2-6-35(22-33)45-50-26-38(27-51-45)65-29-31-13-16-55(17-14-31)44(60)30-64-20-19-63-18-15-49-37-7-8-39-36(23-37)25-52-57(47(39)62)41-10-11-42(58)53-46(41)61/h1-9,12,21-23,25-27,31,41,49H,10-11,13-20,28-30H2,(H,53,58,61). The van der Waals surface area contributed by atoms with Crippen molar-refractivity contribution < 1.29 is 28.6 Å². The molecule has 8 rings (SSSR count). The molecule has 0 aliphatic carbocycles. The van der Waals surface area contributed by atoms with Gasteiger partial charge in [-0.25, -0.2) is 19.3 Å². The Balaban J connectivity index is 0.704. The van der Waals surface area contributed by atoms with Crippen LogP contribution in [0.4, 0.5) is 5.69 Å². The highest BCUT2D eigenvalue weighted by Gasteiger charge is 2.30. The molecule has 2 aliphatic heterocycles. The number of nitrogens with one attached hydrogen (secondary N) is 2. The van der Waals surface area contributed by atoms with E-state index in [4.69, 9.17) is 14.2 Å². The molecule has 2 aliphatic rings. The molecule has 1 atom stereocenters. The summed E-state index contributed by atoms with van der Waals surface area (Å²) in [7, 11) is 0. The van der Waals surface area contributed by atoms with Crippen LogP contribution >= 0.6 is 0 Å². The first-order valence-electron chi connectivity index (χ1n) is 21.4. The number of piperidine rings is 2. The summed E-state index contributed by atoms with van der Waals surface area (Å²) in [6, 6.07) is 24.4. The largest absolute Gasteiger partial charge is 0.490 e. The van der Waals surface area contributed by atoms with Gasteiger partial charge in [0.1, 0.15) is 12.6 Å². The highest BCUT2D eigenvalue weighted by Crippen LogP contribution is 2.23. The van der Waals surface area contributed by atoms with Gasteiger partial charge in [0.15, 0.2) is 11.6 Å². The average Bonchev–Trinajstić information content (AvgIpc) is 3.33. The van der Waals surface area contributed by atoms with Gasteiger partial charge in [-0.15, -0.1) is 0 Å². The van der Waals surface area contributed by atoms with E-state index in [1.807, 2.05) is 35.2 Å². The summed E-state index contributed by atoms with van der Waals surface area (Å²) in [6.07, 6.45) is 6.81. The number of hydrogen-bond acceptors (Lipinski definition) is 14. The predicted molar refractivity (Wildman–Crippen MR) is 238 cm³/mol. The Morgan fingerprint density at radius 2 is 1.66 bits per heavy atom. The van der Waals surface area contributed by atoms with Crippen LogP contribution in [0.25, 0.3) is 33.4 Å². The molecule has 0 radical (unpaired) electrons. The van der Waals surface area contributed by atoms with Crippen molar-refractivity contribution in [1.82, 2.24) is 39.7 Å². The molecule has 2 saturated heterocycles. The van der Waals surface area contributed by atoms with E-state index in [1.165, 1.54) is 16.9 Å². The van der Waals surface area contributed by atoms with E-state index < -0.39 is 17.5 Å². The Hall–Kier alpha value is -7.62. The molecular weight excluding hydrogens is 833 g/mol. The van der Waals surface area contributed by atoms with Crippen LogP contribution in [0, 0.1) is 17.2 Å². The van der Waals surface area contributed by atoms with Crippen LogP contribution in [0.1, 0.15) is 42.9 Å². The van der Waals surface area contributed by atoms with Crippen LogP contribution in [0.5, 0.6) is 5.75 Å². The van der Waals surface area contributed by atoms with Crippen LogP contribution in [-0.4, -0.2) is 105 Å². The van der Waals surface area contributed by atoms with Gasteiger partial charge in [0.2, 0.25) is 11.8 Å². The topological polar surface area (TPSA) is 226 Å². The molecule has 2 N–H and O–H groups in total. The molecule has 3 aromatic heterocycles. The van der Waals surface area contributed by atoms with E-state index in [0.717, 1.165) is 39.9 Å². The number of carbonyl (C=O) groups excluding carboxylic acids is 3. The van der Waals surface area contributed by atoms with Gasteiger partial charge in [-0.2, -0.15) is 15.5 Å². The summed E-state index contributed by atoms with van der Waals surface area (Å²) in [5.74, 6) is 0.397. The Kier molecular flexibility index (Phi) is 14.0. The van der Waals surface area contributed by atoms with Crippen LogP contribution in [0.2, 0.25) is 0 Å². The Morgan fingerprint density at radius 1 is 0.862 bits per heavy atom. The molecule has 3 amide bonds. The number of imide groups is 1. The molecule has 6 aromatic rings. The average molecular weight is 879 g/mol. The number of aromatic nitrogens is 6. The van der Waals surface area contributed by atoms with E-state index in [-0.39, 0.29) is 55.9 Å². The van der Waals surface area contributed by atoms with Crippen molar-refractivity contribution in [1.29, 1.82) is 5.26 Å². The molecule has 65 heavy (non-hydrogen) atoms. The maximum atomic E-state index is 13.0. The van der Waals surface area contributed by atoms with Gasteiger partial charge in [-0.05, 0) is 73.2 Å². The molecule has 5 heterocycles. The van der Waals surface area contributed by atoms with Gasteiger partial charge in [0.25, 0.3) is 17.0 Å². The van der Waals surface area contributed by atoms with E-state index >= 15 is 0 Å². The monoisotopic (exact) mass is 878 g/mol. The first kappa shape index (κ1) is 44.0. The van der Waals surface area contributed by atoms with Gasteiger partial charge in [-0.3, -0.25) is 29.3 Å². The zero-order valence-corrected chi connectivity index (χ0v) is 35.4. The molecule has 332 valence electrons. The van der Waals surface area contributed by atoms with E-state index in [0.29, 0.717) is 73.1 Å². The molecule has 3 aromatic carbocycles. The van der Waals surface area contributed by atoms with Gasteiger partial charge >= 0.3 is 0 Å². The van der Waals surface area contributed by atoms with E-state index in [1.54, 1.807) is 54.9 Å². The lowest BCUT2D eigenvalue weighted by Crippen LogP contribution is -2.45. The highest BCUT2D eigenvalue weighted by atomic mass is 16.5. The highest BCUT2D eigenvalue weighted by molar-refractivity contribution is 5.99. The zero-order chi connectivity index (χ0) is 45.1. The molecule has 18 heteroatoms. The first-order valence-corrected chi connectivity index (χ1v) is 21.4. The number of likely N-dealkylation sites (tertiary alicyclic amines) is 1. The third kappa shape index (κ3) is 11.1. The smallest absolute Gasteiger partial charge is 0.275 e. The fourth-order valence-electron chi connectivity index (χ4n) is 7.70. The fraction of sp³-hybridized carbons (Fsp3) is 0.319. The number of nitrogens with zero attached hydrogens (tertiary/aromatic N) is 8. The predicted octanol–water partition coefficient (Wildman–Crippen LogP) is 3.74. The lowest BCUT2D eigenvalue weighted by Gasteiger charge is -2.31. The minimum Gasteiger partial charge on any atom is -0.490 e. The second kappa shape index (κ2) is 20.7. The summed E-state index contributed by atoms with van der Waals surface area (Å²) in [6.45, 7) is 3.43. The molecular formula is C47H46N10O8. The fourth-order valence-corrected chi connectivity index (χ4v) is 7.70. The van der Waals surface area contributed by atoms with Crippen molar-refractivity contribution in [3.63, 3.8) is 0 Å². The summed E-state index contributed by atoms with van der Waals surface area (Å²) in [5, 5.41) is 24.6. The normalized spacial score (nSPS) is 15.4. The number of nitriles is 1. The van der Waals surface area contributed by atoms with Crippen molar-refractivity contribution in [2.45, 2.75) is 38.3 Å². The van der Waals surface area contributed by atoms with Crippen molar-refractivity contribution >= 4 is 34.2 Å². The Morgan fingerprint density at radius 3 is 2.48 bits per heavy atom. The Labute approximate surface area is 372 Å². The Bertz CT molecular complexity index is 2850. The van der Waals surface area contributed by atoms with Crippen molar-refractivity contribution in [2.24, 2.45) is 5.92 Å². The van der Waals surface area contributed by atoms with Crippen molar-refractivity contribution in [3.05, 3.63) is 129 Å². The minimum absolute atomic E-state index is 0.0203. The molecule has 0 spiro atoms. The first-order chi connectivity index (χ1) is 31.7. The second-order valence-corrected chi connectivity index (χ2v) is 15.7. The summed E-state index contributed by atoms with van der Waals surface area (Å²) >= 11 is 0. The third-order valence-corrected chi connectivity index (χ3v) is 11.2. The van der Waals surface area contributed by atoms with Crippen LogP contribution < -0.4 is 26.5 Å². The maximum absolute atomic E-state index is 13.0. The quantitative estimate of drug-likeness (QED) is 0.0984. The van der Waals surface area contributed by atoms with Crippen molar-refractivity contribution in [3.8, 4) is 34.5 Å². The van der Waals surface area contributed by atoms with Gasteiger partial charge < -0.3 is 24.4 Å². The van der Waals surface area contributed by atoms with Crippen molar-refractivity contribution in [2.75, 3.05) is 58.0 Å². The van der Waals surface area contributed by atoms with Crippen LogP contribution in [0.15, 0.2) is 107 Å². The lowest BCUT2D eigenvalue weighted by molar-refractivity contribution is -0.138. The summed E-state index contributed by atoms with van der Waals surface area (Å²) < 4.78 is 19.8. The number of amides is 3. The van der Waals surface area contributed by atoms with Crippen LogP contribution in [0.3, 0.4) is 0 Å². The molecule has 0 saturated carbocycles. The SMILES string of the molecule is N#Cc1cccc(-c2ccc(=O)n(Cc3cccc(-c4ncc(OCC5CCN(C(=O)COCCOCCNc6ccc7c(=O)n(C8CCC(=O)NC8=O)ncc7c6)CC5)cn4)c3)n2)c1. The molecule has 18 nitrogen and oxygen atoms in total. The van der Waals surface area contributed by atoms with E-state index in [2.05, 4.69) is 36.9 Å². The molecule has 2 fully saturated rings. The summed E-state index contributed by atoms with van der Waals surface area (Å²) in [4.78, 5) is 73.1. The lowest BCUT2D eigenvalue weighted by atomic mass is 9.98. The molecule has 0 bridgehead atoms. The van der Waals surface area contributed by atoms with Gasteiger partial charge in [0, 0.05) is 54.3 Å². The number of benzene rings is 3. The number of anilines is 1. The summed E-state index contributed by atoms with van der Waals surface area (Å²) in [5.41, 5.74) is 3.63. The van der Waals surface area contributed by atoms with Gasteiger partial charge in [0.05, 0.1) is 74.3 Å². The number of hydrogen-bond donors (Lipinski definition) is 2. The zero-order valence-electron chi connectivity index (χ0n) is 35.4. The number of carbonyl (C=O) groups is 3. The van der Waals surface area contributed by atoms with Crippen LogP contribution in [-0.2, 0) is 30.4 Å². The number of ether oxygens (including phenoxy) is 3.